The van der Waals surface area contributed by atoms with E-state index < -0.39 is 0 Å². The van der Waals surface area contributed by atoms with Gasteiger partial charge < -0.3 is 10.1 Å². The zero-order chi connectivity index (χ0) is 10.2. The maximum Gasteiger partial charge on any atom is 0.115 e. The summed E-state index contributed by atoms with van der Waals surface area (Å²) in [5, 5.41) is 6.33. The Bertz CT molecular complexity index is 270. The van der Waals surface area contributed by atoms with Crippen LogP contribution in [0.25, 0.3) is 6.08 Å². The van der Waals surface area contributed by atoms with E-state index in [9.17, 15) is 0 Å². The predicted octanol–water partition coefficient (Wildman–Crippen LogP) is 1.78. The minimum absolute atomic E-state index is 0.754. The van der Waals surface area contributed by atoms with Crippen LogP contribution in [0.5, 0.6) is 0 Å². The molecular weight excluding hydrogens is 196 g/mol. The second kappa shape index (κ2) is 6.70. The minimum atomic E-state index is 0.754. The van der Waals surface area contributed by atoms with Crippen LogP contribution in [0.15, 0.2) is 17.2 Å². The highest BCUT2D eigenvalue weighted by atomic mass is 32.1. The number of thiazole rings is 1. The summed E-state index contributed by atoms with van der Waals surface area (Å²) < 4.78 is 4.94. The van der Waals surface area contributed by atoms with Gasteiger partial charge in [0.05, 0.1) is 6.61 Å². The first kappa shape index (κ1) is 11.4. The van der Waals surface area contributed by atoms with Crippen molar-refractivity contribution in [3.05, 3.63) is 22.2 Å². The lowest BCUT2D eigenvalue weighted by atomic mass is 10.3. The molecule has 0 saturated heterocycles. The average molecular weight is 212 g/mol. The molecular formula is C10H16N2OS. The first-order valence-electron chi connectivity index (χ1n) is 4.59. The summed E-state index contributed by atoms with van der Waals surface area (Å²) in [6.45, 7) is 4.63. The van der Waals surface area contributed by atoms with Crippen LogP contribution in [0, 0.1) is 0 Å². The number of hydrogen-bond acceptors (Lipinski definition) is 4. The summed E-state index contributed by atoms with van der Waals surface area (Å²) in [7, 11) is 1.71. The molecule has 0 bridgehead atoms. The van der Waals surface area contributed by atoms with E-state index in [1.165, 1.54) is 5.57 Å². The minimum Gasteiger partial charge on any atom is -0.383 e. The van der Waals surface area contributed by atoms with Gasteiger partial charge in [0.1, 0.15) is 5.01 Å². The maximum absolute atomic E-state index is 4.94. The molecule has 1 aromatic heterocycles. The molecule has 0 atom stereocenters. The van der Waals surface area contributed by atoms with Crippen molar-refractivity contribution in [3.63, 3.8) is 0 Å². The van der Waals surface area contributed by atoms with Crippen LogP contribution in [0.3, 0.4) is 0 Å². The van der Waals surface area contributed by atoms with Crippen molar-refractivity contribution in [1.82, 2.24) is 10.3 Å². The molecule has 0 saturated carbocycles. The lowest BCUT2D eigenvalue weighted by Crippen LogP contribution is -2.20. The summed E-state index contributed by atoms with van der Waals surface area (Å²) in [6.07, 6.45) is 3.92. The van der Waals surface area contributed by atoms with E-state index in [4.69, 9.17) is 4.74 Å². The molecule has 0 aliphatic rings. The third-order valence-corrected chi connectivity index (χ3v) is 2.43. The van der Waals surface area contributed by atoms with Gasteiger partial charge in [-0.05, 0) is 13.0 Å². The van der Waals surface area contributed by atoms with Crippen molar-refractivity contribution in [3.8, 4) is 0 Å². The monoisotopic (exact) mass is 212 g/mol. The fraction of sp³-hybridized carbons (Fsp3) is 0.500. The highest BCUT2D eigenvalue weighted by molar-refractivity contribution is 7.10. The van der Waals surface area contributed by atoms with Crippen molar-refractivity contribution in [2.45, 2.75) is 6.92 Å². The largest absolute Gasteiger partial charge is 0.383 e. The van der Waals surface area contributed by atoms with Gasteiger partial charge in [-0.25, -0.2) is 4.98 Å². The first-order valence-corrected chi connectivity index (χ1v) is 5.47. The Kier molecular flexibility index (Phi) is 5.44. The fourth-order valence-electron chi connectivity index (χ4n) is 1.03. The van der Waals surface area contributed by atoms with Crippen molar-refractivity contribution in [1.29, 1.82) is 0 Å². The molecule has 14 heavy (non-hydrogen) atoms. The second-order valence-electron chi connectivity index (χ2n) is 3.03. The van der Waals surface area contributed by atoms with E-state index in [-0.39, 0.29) is 0 Å². The highest BCUT2D eigenvalue weighted by Crippen LogP contribution is 2.08. The summed E-state index contributed by atoms with van der Waals surface area (Å²) >= 11 is 1.65. The van der Waals surface area contributed by atoms with Crippen LogP contribution in [-0.2, 0) is 4.74 Å². The summed E-state index contributed by atoms with van der Waals surface area (Å²) in [5.74, 6) is 0. The Labute approximate surface area is 88.8 Å². The van der Waals surface area contributed by atoms with Gasteiger partial charge in [0.25, 0.3) is 0 Å². The van der Waals surface area contributed by atoms with Crippen LogP contribution < -0.4 is 5.32 Å². The van der Waals surface area contributed by atoms with Gasteiger partial charge in [-0.1, -0.05) is 5.57 Å². The van der Waals surface area contributed by atoms with Gasteiger partial charge in [0.2, 0.25) is 0 Å². The molecule has 0 aliphatic carbocycles. The lowest BCUT2D eigenvalue weighted by molar-refractivity contribution is 0.200. The third-order valence-electron chi connectivity index (χ3n) is 1.71. The van der Waals surface area contributed by atoms with Crippen molar-refractivity contribution < 1.29 is 4.74 Å². The average Bonchev–Trinajstić information content (AvgIpc) is 2.65. The number of nitrogens with one attached hydrogen (secondary N) is 1. The molecule has 78 valence electrons. The zero-order valence-electron chi connectivity index (χ0n) is 8.62. The summed E-state index contributed by atoms with van der Waals surface area (Å²) in [5.41, 5.74) is 1.29. The number of aromatic nitrogens is 1. The molecule has 0 unspecified atom stereocenters. The van der Waals surface area contributed by atoms with Gasteiger partial charge in [0, 0.05) is 31.8 Å². The van der Waals surface area contributed by atoms with Crippen LogP contribution in [0.4, 0.5) is 0 Å². The molecule has 0 spiro atoms. The van der Waals surface area contributed by atoms with E-state index in [0.29, 0.717) is 0 Å². The standard InChI is InChI=1S/C10H16N2OS/c1-9(8-11-3-5-13-2)7-10-12-4-6-14-10/h4,6-7,11H,3,5,8H2,1-2H3/b9-7+. The molecule has 0 fully saturated rings. The quantitative estimate of drug-likeness (QED) is 0.730. The lowest BCUT2D eigenvalue weighted by Gasteiger charge is -2.03. The molecule has 4 heteroatoms. The number of hydrogen-bond donors (Lipinski definition) is 1. The van der Waals surface area contributed by atoms with Gasteiger partial charge in [-0.15, -0.1) is 11.3 Å². The molecule has 0 aromatic carbocycles. The van der Waals surface area contributed by atoms with Gasteiger partial charge in [-0.3, -0.25) is 0 Å². The number of methoxy groups -OCH3 is 1. The molecule has 1 aromatic rings. The number of rotatable bonds is 6. The molecule has 1 N–H and O–H groups in total. The Hall–Kier alpha value is -0.710. The van der Waals surface area contributed by atoms with Crippen LogP contribution in [0.2, 0.25) is 0 Å². The number of ether oxygens (including phenoxy) is 1. The summed E-state index contributed by atoms with van der Waals surface area (Å²) in [6, 6.07) is 0. The van der Waals surface area contributed by atoms with Gasteiger partial charge >= 0.3 is 0 Å². The van der Waals surface area contributed by atoms with E-state index in [2.05, 4.69) is 23.3 Å². The van der Waals surface area contributed by atoms with Crippen LogP contribution >= 0.6 is 11.3 Å². The predicted molar refractivity (Wildman–Crippen MR) is 60.5 cm³/mol. The van der Waals surface area contributed by atoms with Crippen molar-refractivity contribution in [2.75, 3.05) is 26.8 Å². The van der Waals surface area contributed by atoms with Gasteiger partial charge in [0.15, 0.2) is 0 Å². The van der Waals surface area contributed by atoms with Crippen LogP contribution in [0.1, 0.15) is 11.9 Å². The highest BCUT2D eigenvalue weighted by Gasteiger charge is 1.93. The van der Waals surface area contributed by atoms with E-state index in [1.807, 2.05) is 11.6 Å². The topological polar surface area (TPSA) is 34.1 Å². The number of nitrogens with zero attached hydrogens (tertiary/aromatic N) is 1. The molecule has 0 aliphatic heterocycles. The Morgan fingerprint density at radius 2 is 2.57 bits per heavy atom. The molecule has 1 rings (SSSR count). The van der Waals surface area contributed by atoms with Crippen molar-refractivity contribution in [2.24, 2.45) is 0 Å². The third kappa shape index (κ3) is 4.50. The smallest absolute Gasteiger partial charge is 0.115 e. The maximum atomic E-state index is 4.94. The van der Waals surface area contributed by atoms with Crippen LogP contribution in [-0.4, -0.2) is 31.8 Å². The fourth-order valence-corrected chi connectivity index (χ4v) is 1.68. The Balaban J connectivity index is 2.24. The zero-order valence-corrected chi connectivity index (χ0v) is 9.43. The van der Waals surface area contributed by atoms with E-state index >= 15 is 0 Å². The molecule has 3 nitrogen and oxygen atoms in total. The Morgan fingerprint density at radius 1 is 1.71 bits per heavy atom. The van der Waals surface area contributed by atoms with Crippen molar-refractivity contribution >= 4 is 17.4 Å². The summed E-state index contributed by atoms with van der Waals surface area (Å²) in [4.78, 5) is 4.19. The normalized spacial score (nSPS) is 12.0. The molecule has 1 heterocycles. The first-order chi connectivity index (χ1) is 6.83. The SMILES string of the molecule is COCCNC/C(C)=C/c1nccs1. The van der Waals surface area contributed by atoms with E-state index in [0.717, 1.165) is 24.7 Å². The van der Waals surface area contributed by atoms with Gasteiger partial charge in [-0.2, -0.15) is 0 Å². The van der Waals surface area contributed by atoms with E-state index in [1.54, 1.807) is 18.4 Å². The second-order valence-corrected chi connectivity index (χ2v) is 3.96. The molecule has 0 amide bonds. The Morgan fingerprint density at radius 3 is 3.21 bits per heavy atom. The molecule has 0 radical (unpaired) electrons.